The van der Waals surface area contributed by atoms with Crippen LogP contribution in [0.15, 0.2) is 24.3 Å². The van der Waals surface area contributed by atoms with E-state index < -0.39 is 0 Å². The molecule has 3 heteroatoms. The molecule has 0 aromatic heterocycles. The van der Waals surface area contributed by atoms with Crippen LogP contribution < -0.4 is 10.1 Å². The van der Waals surface area contributed by atoms with E-state index in [4.69, 9.17) is 4.74 Å². The zero-order chi connectivity index (χ0) is 12.1. The molecule has 0 saturated carbocycles. The van der Waals surface area contributed by atoms with Gasteiger partial charge in [0.2, 0.25) is 0 Å². The van der Waals surface area contributed by atoms with Crippen LogP contribution in [0.1, 0.15) is 12.0 Å². The van der Waals surface area contributed by atoms with Crippen molar-refractivity contribution in [2.75, 3.05) is 33.8 Å². The van der Waals surface area contributed by atoms with Gasteiger partial charge in [-0.1, -0.05) is 12.1 Å². The van der Waals surface area contributed by atoms with Gasteiger partial charge in [-0.25, -0.2) is 0 Å². The van der Waals surface area contributed by atoms with Gasteiger partial charge in [-0.05, 0) is 44.1 Å². The highest BCUT2D eigenvalue weighted by molar-refractivity contribution is 5.27. The Morgan fingerprint density at radius 1 is 1.35 bits per heavy atom. The summed E-state index contributed by atoms with van der Waals surface area (Å²) in [5.74, 6) is 0.935. The molecular formula is C14H22N2O. The third kappa shape index (κ3) is 3.45. The number of nitrogens with one attached hydrogen (secondary N) is 1. The SMILES string of the molecule is CNC1CCN(CCc2ccc(OC)cc2)C1. The van der Waals surface area contributed by atoms with Gasteiger partial charge in [0.25, 0.3) is 0 Å². The van der Waals surface area contributed by atoms with Gasteiger partial charge in [0.15, 0.2) is 0 Å². The van der Waals surface area contributed by atoms with Crippen molar-refractivity contribution < 1.29 is 4.74 Å². The van der Waals surface area contributed by atoms with Crippen LogP contribution >= 0.6 is 0 Å². The molecule has 1 aromatic carbocycles. The highest BCUT2D eigenvalue weighted by Gasteiger charge is 2.19. The number of likely N-dealkylation sites (N-methyl/N-ethyl adjacent to an activating group) is 1. The molecule has 0 aliphatic carbocycles. The highest BCUT2D eigenvalue weighted by atomic mass is 16.5. The average molecular weight is 234 g/mol. The van der Waals surface area contributed by atoms with Crippen molar-refractivity contribution >= 4 is 0 Å². The summed E-state index contributed by atoms with van der Waals surface area (Å²) in [6.45, 7) is 3.57. The maximum Gasteiger partial charge on any atom is 0.118 e. The summed E-state index contributed by atoms with van der Waals surface area (Å²) < 4.78 is 5.16. The number of hydrogen-bond donors (Lipinski definition) is 1. The summed E-state index contributed by atoms with van der Waals surface area (Å²) in [6.07, 6.45) is 2.40. The first kappa shape index (κ1) is 12.4. The van der Waals surface area contributed by atoms with Crippen molar-refractivity contribution in [2.24, 2.45) is 0 Å². The van der Waals surface area contributed by atoms with Crippen molar-refractivity contribution in [1.29, 1.82) is 0 Å². The minimum Gasteiger partial charge on any atom is -0.497 e. The Kier molecular flexibility index (Phi) is 4.40. The predicted octanol–water partition coefficient (Wildman–Crippen LogP) is 1.53. The van der Waals surface area contributed by atoms with Gasteiger partial charge in [-0.3, -0.25) is 0 Å². The topological polar surface area (TPSA) is 24.5 Å². The summed E-state index contributed by atoms with van der Waals surface area (Å²) in [4.78, 5) is 2.53. The number of methoxy groups -OCH3 is 1. The fraction of sp³-hybridized carbons (Fsp3) is 0.571. The lowest BCUT2D eigenvalue weighted by atomic mass is 10.1. The first-order chi connectivity index (χ1) is 8.31. The lowest BCUT2D eigenvalue weighted by molar-refractivity contribution is 0.334. The Morgan fingerprint density at radius 3 is 2.71 bits per heavy atom. The number of likely N-dealkylation sites (tertiary alicyclic amines) is 1. The van der Waals surface area contributed by atoms with E-state index in [1.165, 1.54) is 25.1 Å². The smallest absolute Gasteiger partial charge is 0.118 e. The number of nitrogens with zero attached hydrogens (tertiary/aromatic N) is 1. The van der Waals surface area contributed by atoms with Crippen LogP contribution in [-0.4, -0.2) is 44.7 Å². The molecule has 0 bridgehead atoms. The average Bonchev–Trinajstić information content (AvgIpc) is 2.85. The number of benzene rings is 1. The molecule has 1 fully saturated rings. The summed E-state index contributed by atoms with van der Waals surface area (Å²) in [5.41, 5.74) is 1.39. The fourth-order valence-corrected chi connectivity index (χ4v) is 2.35. The molecule has 17 heavy (non-hydrogen) atoms. The van der Waals surface area contributed by atoms with E-state index >= 15 is 0 Å². The van der Waals surface area contributed by atoms with E-state index in [9.17, 15) is 0 Å². The second-order valence-electron chi connectivity index (χ2n) is 4.67. The molecule has 1 aliphatic heterocycles. The third-order valence-electron chi connectivity index (χ3n) is 3.56. The van der Waals surface area contributed by atoms with Crippen LogP contribution in [0.3, 0.4) is 0 Å². The molecular weight excluding hydrogens is 212 g/mol. The van der Waals surface area contributed by atoms with Crippen LogP contribution in [0, 0.1) is 0 Å². The van der Waals surface area contributed by atoms with Crippen LogP contribution in [-0.2, 0) is 6.42 Å². The zero-order valence-electron chi connectivity index (χ0n) is 10.8. The molecule has 1 aromatic rings. The normalized spacial score (nSPS) is 20.7. The van der Waals surface area contributed by atoms with Crippen molar-refractivity contribution in [1.82, 2.24) is 10.2 Å². The molecule has 1 aliphatic rings. The monoisotopic (exact) mass is 234 g/mol. The zero-order valence-corrected chi connectivity index (χ0v) is 10.8. The van der Waals surface area contributed by atoms with Gasteiger partial charge < -0.3 is 15.0 Å². The minimum atomic E-state index is 0.686. The largest absolute Gasteiger partial charge is 0.497 e. The van der Waals surface area contributed by atoms with E-state index in [0.717, 1.165) is 18.7 Å². The van der Waals surface area contributed by atoms with E-state index in [1.54, 1.807) is 7.11 Å². The molecule has 0 amide bonds. The molecule has 0 radical (unpaired) electrons. The predicted molar refractivity (Wildman–Crippen MR) is 70.6 cm³/mol. The van der Waals surface area contributed by atoms with Gasteiger partial charge in [0.1, 0.15) is 5.75 Å². The molecule has 3 nitrogen and oxygen atoms in total. The van der Waals surface area contributed by atoms with E-state index in [0.29, 0.717) is 6.04 Å². The summed E-state index contributed by atoms with van der Waals surface area (Å²) in [7, 11) is 3.76. The maximum absolute atomic E-state index is 5.16. The summed E-state index contributed by atoms with van der Waals surface area (Å²) in [5, 5.41) is 3.35. The Morgan fingerprint density at radius 2 is 2.12 bits per heavy atom. The van der Waals surface area contributed by atoms with Crippen LogP contribution in [0.25, 0.3) is 0 Å². The van der Waals surface area contributed by atoms with Gasteiger partial charge in [0.05, 0.1) is 7.11 Å². The second kappa shape index (κ2) is 6.03. The van der Waals surface area contributed by atoms with Crippen LogP contribution in [0.4, 0.5) is 0 Å². The van der Waals surface area contributed by atoms with Gasteiger partial charge in [-0.2, -0.15) is 0 Å². The molecule has 1 unspecified atom stereocenters. The Bertz CT molecular complexity index is 337. The van der Waals surface area contributed by atoms with Crippen LogP contribution in [0.5, 0.6) is 5.75 Å². The van der Waals surface area contributed by atoms with Crippen molar-refractivity contribution in [3.8, 4) is 5.75 Å². The second-order valence-corrected chi connectivity index (χ2v) is 4.67. The molecule has 1 heterocycles. The number of ether oxygens (including phenoxy) is 1. The standard InChI is InChI=1S/C14H22N2O/c1-15-13-8-10-16(11-13)9-7-12-3-5-14(17-2)6-4-12/h3-6,13,15H,7-11H2,1-2H3. The highest BCUT2D eigenvalue weighted by Crippen LogP contribution is 2.13. The van der Waals surface area contributed by atoms with Crippen molar-refractivity contribution in [3.05, 3.63) is 29.8 Å². The Balaban J connectivity index is 1.78. The molecule has 94 valence electrons. The lowest BCUT2D eigenvalue weighted by Crippen LogP contribution is -2.30. The molecule has 1 saturated heterocycles. The molecule has 0 spiro atoms. The van der Waals surface area contributed by atoms with Gasteiger partial charge >= 0.3 is 0 Å². The first-order valence-corrected chi connectivity index (χ1v) is 6.34. The fourth-order valence-electron chi connectivity index (χ4n) is 2.35. The van der Waals surface area contributed by atoms with Crippen molar-refractivity contribution in [2.45, 2.75) is 18.9 Å². The maximum atomic E-state index is 5.16. The van der Waals surface area contributed by atoms with Crippen LogP contribution in [0.2, 0.25) is 0 Å². The Labute approximate surface area is 104 Å². The van der Waals surface area contributed by atoms with E-state index in [-0.39, 0.29) is 0 Å². The molecule has 1 atom stereocenters. The third-order valence-corrected chi connectivity index (χ3v) is 3.56. The van der Waals surface area contributed by atoms with Gasteiger partial charge in [-0.15, -0.1) is 0 Å². The van der Waals surface area contributed by atoms with Crippen molar-refractivity contribution in [3.63, 3.8) is 0 Å². The van der Waals surface area contributed by atoms with E-state index in [1.807, 2.05) is 12.1 Å². The number of hydrogen-bond acceptors (Lipinski definition) is 3. The summed E-state index contributed by atoms with van der Waals surface area (Å²) >= 11 is 0. The van der Waals surface area contributed by atoms with E-state index in [2.05, 4.69) is 29.4 Å². The lowest BCUT2D eigenvalue weighted by Gasteiger charge is -2.15. The first-order valence-electron chi connectivity index (χ1n) is 6.34. The Hall–Kier alpha value is -1.06. The summed E-state index contributed by atoms with van der Waals surface area (Å²) in [6, 6.07) is 9.08. The quantitative estimate of drug-likeness (QED) is 0.836. The minimum absolute atomic E-state index is 0.686. The molecule has 1 N–H and O–H groups in total. The molecule has 2 rings (SSSR count). The van der Waals surface area contributed by atoms with Gasteiger partial charge in [0, 0.05) is 19.1 Å². The number of rotatable bonds is 5.